The van der Waals surface area contributed by atoms with Crippen LogP contribution in [0, 0.1) is 12.7 Å². The smallest absolute Gasteiger partial charge is 0.322 e. The van der Waals surface area contributed by atoms with Gasteiger partial charge in [0.1, 0.15) is 11.6 Å². The molecular weight excluding hydrogens is 443 g/mol. The standard InChI is InChI=1S/C27H33FN6O/c1-3-31-14-16-32(17-15-31)26-25(20(2)30-34(26)24-10-5-4-6-11-24)19-33(23-12-13-23)27(35)29-22-9-7-8-21(28)18-22/h4-11,18,23H,3,12-17,19H2,1-2H3,(H,29,35). The van der Waals surface area contributed by atoms with E-state index < -0.39 is 0 Å². The Balaban J connectivity index is 1.47. The molecule has 5 rings (SSSR count). The third kappa shape index (κ3) is 5.17. The van der Waals surface area contributed by atoms with Crippen LogP contribution >= 0.6 is 0 Å². The Labute approximate surface area is 206 Å². The molecule has 2 amide bonds. The largest absolute Gasteiger partial charge is 0.354 e. The van der Waals surface area contributed by atoms with Gasteiger partial charge in [-0.2, -0.15) is 5.10 Å². The van der Waals surface area contributed by atoms with Gasteiger partial charge in [0.25, 0.3) is 0 Å². The third-order valence-electron chi connectivity index (χ3n) is 6.93. The monoisotopic (exact) mass is 476 g/mol. The summed E-state index contributed by atoms with van der Waals surface area (Å²) in [7, 11) is 0. The molecule has 8 heteroatoms. The van der Waals surface area contributed by atoms with Crippen LogP contribution in [-0.4, -0.2) is 64.4 Å². The second-order valence-corrected chi connectivity index (χ2v) is 9.36. The second kappa shape index (κ2) is 10.1. The molecule has 184 valence electrons. The molecule has 0 spiro atoms. The molecule has 2 heterocycles. The van der Waals surface area contributed by atoms with Crippen molar-refractivity contribution in [1.82, 2.24) is 19.6 Å². The molecule has 1 saturated heterocycles. The summed E-state index contributed by atoms with van der Waals surface area (Å²) < 4.78 is 15.7. The molecule has 0 atom stereocenters. The lowest BCUT2D eigenvalue weighted by Gasteiger charge is -2.36. The van der Waals surface area contributed by atoms with Crippen LogP contribution in [0.5, 0.6) is 0 Å². The van der Waals surface area contributed by atoms with Crippen LogP contribution in [0.15, 0.2) is 54.6 Å². The zero-order chi connectivity index (χ0) is 24.4. The molecule has 0 unspecified atom stereocenters. The normalized spacial score (nSPS) is 16.4. The number of nitrogens with one attached hydrogen (secondary N) is 1. The molecule has 2 aliphatic rings. The molecule has 1 aromatic heterocycles. The Morgan fingerprint density at radius 3 is 2.49 bits per heavy atom. The van der Waals surface area contributed by atoms with E-state index >= 15 is 0 Å². The van der Waals surface area contributed by atoms with Crippen molar-refractivity contribution >= 4 is 17.5 Å². The first-order valence-corrected chi connectivity index (χ1v) is 12.5. The number of carbonyl (C=O) groups is 1. The summed E-state index contributed by atoms with van der Waals surface area (Å²) in [5.41, 5.74) is 3.47. The fourth-order valence-electron chi connectivity index (χ4n) is 4.77. The fraction of sp³-hybridized carbons (Fsp3) is 0.407. The van der Waals surface area contributed by atoms with E-state index in [2.05, 4.69) is 34.2 Å². The SMILES string of the molecule is CCN1CCN(c2c(CN(C(=O)Nc3cccc(F)c3)C3CC3)c(C)nn2-c2ccccc2)CC1. The number of rotatable bonds is 7. The van der Waals surface area contributed by atoms with E-state index in [0.29, 0.717) is 12.2 Å². The van der Waals surface area contributed by atoms with Crippen molar-refractivity contribution in [3.8, 4) is 5.69 Å². The summed E-state index contributed by atoms with van der Waals surface area (Å²) in [6.45, 7) is 9.57. The minimum atomic E-state index is -0.366. The van der Waals surface area contributed by atoms with Crippen molar-refractivity contribution in [2.45, 2.75) is 39.3 Å². The van der Waals surface area contributed by atoms with E-state index in [1.807, 2.05) is 34.7 Å². The minimum Gasteiger partial charge on any atom is -0.354 e. The Hall–Kier alpha value is -3.39. The first kappa shape index (κ1) is 23.4. The minimum absolute atomic E-state index is 0.188. The van der Waals surface area contributed by atoms with Crippen LogP contribution < -0.4 is 10.2 Å². The second-order valence-electron chi connectivity index (χ2n) is 9.36. The number of hydrogen-bond donors (Lipinski definition) is 1. The average Bonchev–Trinajstić information content (AvgIpc) is 3.66. The molecule has 0 radical (unpaired) electrons. The Bertz CT molecular complexity index is 1170. The van der Waals surface area contributed by atoms with Crippen LogP contribution in [0.25, 0.3) is 5.69 Å². The highest BCUT2D eigenvalue weighted by Gasteiger charge is 2.35. The molecule has 2 fully saturated rings. The summed E-state index contributed by atoms with van der Waals surface area (Å²) in [4.78, 5) is 20.1. The Morgan fingerprint density at radius 2 is 1.83 bits per heavy atom. The molecule has 3 aromatic rings. The highest BCUT2D eigenvalue weighted by Crippen LogP contribution is 2.34. The van der Waals surface area contributed by atoms with Gasteiger partial charge in [0.05, 0.1) is 17.9 Å². The number of urea groups is 1. The summed E-state index contributed by atoms with van der Waals surface area (Å²) in [6.07, 6.45) is 1.96. The lowest BCUT2D eigenvalue weighted by Crippen LogP contribution is -2.47. The number of para-hydroxylation sites is 1. The maximum atomic E-state index is 13.7. The Morgan fingerprint density at radius 1 is 1.09 bits per heavy atom. The predicted octanol–water partition coefficient (Wildman–Crippen LogP) is 4.66. The first-order valence-electron chi connectivity index (χ1n) is 12.5. The highest BCUT2D eigenvalue weighted by molar-refractivity contribution is 5.89. The number of hydrogen-bond acceptors (Lipinski definition) is 4. The zero-order valence-corrected chi connectivity index (χ0v) is 20.5. The van der Waals surface area contributed by atoms with Gasteiger partial charge in [-0.3, -0.25) is 0 Å². The zero-order valence-electron chi connectivity index (χ0n) is 20.5. The third-order valence-corrected chi connectivity index (χ3v) is 6.93. The number of halogens is 1. The van der Waals surface area contributed by atoms with Gasteiger partial charge >= 0.3 is 6.03 Å². The summed E-state index contributed by atoms with van der Waals surface area (Å²) >= 11 is 0. The van der Waals surface area contributed by atoms with E-state index in [-0.39, 0.29) is 17.9 Å². The van der Waals surface area contributed by atoms with E-state index in [0.717, 1.165) is 68.3 Å². The first-order chi connectivity index (χ1) is 17.0. The highest BCUT2D eigenvalue weighted by atomic mass is 19.1. The number of carbonyl (C=O) groups excluding carboxylic acids is 1. The van der Waals surface area contributed by atoms with Gasteiger partial charge in [0.15, 0.2) is 0 Å². The molecule has 7 nitrogen and oxygen atoms in total. The summed E-state index contributed by atoms with van der Waals surface area (Å²) in [5.74, 6) is 0.697. The number of benzene rings is 2. The number of piperazine rings is 1. The van der Waals surface area contributed by atoms with Gasteiger partial charge in [0, 0.05) is 43.5 Å². The molecule has 0 bridgehead atoms. The van der Waals surface area contributed by atoms with Gasteiger partial charge in [-0.25, -0.2) is 13.9 Å². The molecule has 2 aromatic carbocycles. The number of aryl methyl sites for hydroxylation is 1. The molecular formula is C27H33FN6O. The van der Waals surface area contributed by atoms with Gasteiger partial charge < -0.3 is 20.0 Å². The van der Waals surface area contributed by atoms with Crippen LogP contribution in [-0.2, 0) is 6.54 Å². The van der Waals surface area contributed by atoms with Crippen molar-refractivity contribution in [2.75, 3.05) is 42.9 Å². The van der Waals surface area contributed by atoms with Crippen molar-refractivity contribution in [3.05, 3.63) is 71.7 Å². The van der Waals surface area contributed by atoms with Gasteiger partial charge in [-0.1, -0.05) is 31.2 Å². The van der Waals surface area contributed by atoms with E-state index in [1.54, 1.807) is 12.1 Å². The topological polar surface area (TPSA) is 56.6 Å². The quantitative estimate of drug-likeness (QED) is 0.539. The summed E-state index contributed by atoms with van der Waals surface area (Å²) in [6, 6.07) is 16.2. The van der Waals surface area contributed by atoms with Crippen molar-refractivity contribution < 1.29 is 9.18 Å². The van der Waals surface area contributed by atoms with E-state index in [9.17, 15) is 9.18 Å². The number of nitrogens with zero attached hydrogens (tertiary/aromatic N) is 5. The van der Waals surface area contributed by atoms with Crippen LogP contribution in [0.3, 0.4) is 0 Å². The molecule has 1 aliphatic carbocycles. The lowest BCUT2D eigenvalue weighted by molar-refractivity contribution is 0.206. The van der Waals surface area contributed by atoms with E-state index in [1.165, 1.54) is 12.1 Å². The molecule has 1 N–H and O–H groups in total. The summed E-state index contributed by atoms with van der Waals surface area (Å²) in [5, 5.41) is 7.83. The average molecular weight is 477 g/mol. The Kier molecular flexibility index (Phi) is 6.72. The van der Waals surface area contributed by atoms with Crippen molar-refractivity contribution in [1.29, 1.82) is 0 Å². The van der Waals surface area contributed by atoms with Gasteiger partial charge in [-0.15, -0.1) is 0 Å². The lowest BCUT2D eigenvalue weighted by atomic mass is 10.2. The fourth-order valence-corrected chi connectivity index (χ4v) is 4.77. The van der Waals surface area contributed by atoms with Crippen molar-refractivity contribution in [3.63, 3.8) is 0 Å². The van der Waals surface area contributed by atoms with Crippen LogP contribution in [0.2, 0.25) is 0 Å². The number of anilines is 2. The molecule has 35 heavy (non-hydrogen) atoms. The number of likely N-dealkylation sites (N-methyl/N-ethyl adjacent to an activating group) is 1. The maximum absolute atomic E-state index is 13.7. The molecule has 1 saturated carbocycles. The number of amides is 2. The predicted molar refractivity (Wildman–Crippen MR) is 137 cm³/mol. The van der Waals surface area contributed by atoms with Crippen LogP contribution in [0.1, 0.15) is 31.0 Å². The maximum Gasteiger partial charge on any atom is 0.322 e. The van der Waals surface area contributed by atoms with E-state index in [4.69, 9.17) is 5.10 Å². The van der Waals surface area contributed by atoms with Crippen LogP contribution in [0.4, 0.5) is 20.7 Å². The number of aromatic nitrogens is 2. The van der Waals surface area contributed by atoms with Crippen molar-refractivity contribution in [2.24, 2.45) is 0 Å². The van der Waals surface area contributed by atoms with Gasteiger partial charge in [-0.05, 0) is 56.6 Å². The molecule has 1 aliphatic heterocycles. The van der Waals surface area contributed by atoms with Gasteiger partial charge in [0.2, 0.25) is 0 Å².